The largest absolute Gasteiger partial charge is 0.382 e. The molecule has 2 aromatic rings. The van der Waals surface area contributed by atoms with Gasteiger partial charge in [-0.3, -0.25) is 9.67 Å². The van der Waals surface area contributed by atoms with Crippen molar-refractivity contribution in [2.45, 2.75) is 26.5 Å². The highest BCUT2D eigenvalue weighted by atomic mass is 16.3. The van der Waals surface area contributed by atoms with E-state index in [9.17, 15) is 5.11 Å². The average molecular weight is 217 g/mol. The van der Waals surface area contributed by atoms with Crippen LogP contribution in [0.5, 0.6) is 0 Å². The molecule has 2 aromatic heterocycles. The zero-order valence-electron chi connectivity index (χ0n) is 9.46. The van der Waals surface area contributed by atoms with Crippen molar-refractivity contribution in [3.63, 3.8) is 0 Å². The summed E-state index contributed by atoms with van der Waals surface area (Å²) in [5.74, 6) is 0. The van der Waals surface area contributed by atoms with E-state index in [1.165, 1.54) is 0 Å². The molecule has 1 unspecified atom stereocenters. The maximum absolute atomic E-state index is 10.3. The Balaban J connectivity index is 2.39. The van der Waals surface area contributed by atoms with Crippen molar-refractivity contribution in [2.75, 3.05) is 0 Å². The Morgan fingerprint density at radius 2 is 2.19 bits per heavy atom. The molecule has 0 bridgehead atoms. The quantitative estimate of drug-likeness (QED) is 0.851. The number of rotatable bonds is 3. The number of aromatic nitrogens is 3. The molecule has 0 fully saturated rings. The number of hydrogen-bond acceptors (Lipinski definition) is 3. The van der Waals surface area contributed by atoms with E-state index in [0.717, 1.165) is 23.4 Å². The van der Waals surface area contributed by atoms with Crippen LogP contribution in [0.15, 0.2) is 30.7 Å². The Labute approximate surface area is 94.6 Å². The molecule has 0 spiro atoms. The molecule has 0 aromatic carbocycles. The van der Waals surface area contributed by atoms with Gasteiger partial charge in [0.1, 0.15) is 6.10 Å². The Kier molecular flexibility index (Phi) is 3.01. The molecule has 1 atom stereocenters. The van der Waals surface area contributed by atoms with Crippen LogP contribution in [0.1, 0.15) is 29.8 Å². The van der Waals surface area contributed by atoms with E-state index >= 15 is 0 Å². The van der Waals surface area contributed by atoms with Gasteiger partial charge in [0.2, 0.25) is 0 Å². The molecule has 0 amide bonds. The third-order valence-electron chi connectivity index (χ3n) is 2.69. The molecule has 0 aliphatic rings. The summed E-state index contributed by atoms with van der Waals surface area (Å²) >= 11 is 0. The molecule has 0 radical (unpaired) electrons. The predicted molar refractivity (Wildman–Crippen MR) is 60.9 cm³/mol. The topological polar surface area (TPSA) is 50.9 Å². The molecule has 84 valence electrons. The van der Waals surface area contributed by atoms with Crippen LogP contribution in [0.25, 0.3) is 0 Å². The van der Waals surface area contributed by atoms with Gasteiger partial charge in [-0.25, -0.2) is 0 Å². The second-order valence-corrected chi connectivity index (χ2v) is 3.71. The van der Waals surface area contributed by atoms with E-state index in [1.54, 1.807) is 23.3 Å². The summed E-state index contributed by atoms with van der Waals surface area (Å²) in [5.41, 5.74) is 2.68. The van der Waals surface area contributed by atoms with Gasteiger partial charge in [-0.05, 0) is 37.1 Å². The van der Waals surface area contributed by atoms with Crippen molar-refractivity contribution in [1.29, 1.82) is 0 Å². The third-order valence-corrected chi connectivity index (χ3v) is 2.69. The first kappa shape index (κ1) is 10.8. The van der Waals surface area contributed by atoms with Gasteiger partial charge in [-0.1, -0.05) is 0 Å². The van der Waals surface area contributed by atoms with Gasteiger partial charge in [-0.15, -0.1) is 0 Å². The molecule has 1 N–H and O–H groups in total. The molecule has 4 nitrogen and oxygen atoms in total. The molecule has 2 rings (SSSR count). The van der Waals surface area contributed by atoms with Gasteiger partial charge in [0, 0.05) is 25.1 Å². The van der Waals surface area contributed by atoms with E-state index in [4.69, 9.17) is 0 Å². The van der Waals surface area contributed by atoms with Crippen molar-refractivity contribution in [1.82, 2.24) is 14.8 Å². The summed E-state index contributed by atoms with van der Waals surface area (Å²) in [5, 5.41) is 14.4. The molecule has 4 heteroatoms. The summed E-state index contributed by atoms with van der Waals surface area (Å²) < 4.78 is 1.80. The maximum Gasteiger partial charge on any atom is 0.121 e. The lowest BCUT2D eigenvalue weighted by atomic mass is 10.0. The lowest BCUT2D eigenvalue weighted by Gasteiger charge is -2.14. The van der Waals surface area contributed by atoms with E-state index in [1.807, 2.05) is 26.0 Å². The van der Waals surface area contributed by atoms with Crippen LogP contribution in [0.2, 0.25) is 0 Å². The minimum atomic E-state index is -0.634. The highest BCUT2D eigenvalue weighted by Gasteiger charge is 2.16. The standard InChI is InChI=1S/C12H15N3O/c1-3-15-11(5-7-14-15)12(16)10-4-6-13-8-9(10)2/h4-8,12,16H,3H2,1-2H3. The summed E-state index contributed by atoms with van der Waals surface area (Å²) in [4.78, 5) is 4.02. The van der Waals surface area contributed by atoms with Gasteiger partial charge in [0.05, 0.1) is 5.69 Å². The second kappa shape index (κ2) is 4.45. The number of hydrogen-bond donors (Lipinski definition) is 1. The molecular weight excluding hydrogens is 202 g/mol. The first-order chi connectivity index (χ1) is 7.74. The summed E-state index contributed by atoms with van der Waals surface area (Å²) in [7, 11) is 0. The van der Waals surface area contributed by atoms with Crippen molar-refractivity contribution in [3.8, 4) is 0 Å². The number of nitrogens with zero attached hydrogens (tertiary/aromatic N) is 3. The first-order valence-corrected chi connectivity index (χ1v) is 5.34. The number of pyridine rings is 1. The molecule has 16 heavy (non-hydrogen) atoms. The predicted octanol–water partition coefficient (Wildman–Crippen LogP) is 1.69. The summed E-state index contributed by atoms with van der Waals surface area (Å²) in [6.45, 7) is 4.70. The number of aliphatic hydroxyl groups excluding tert-OH is 1. The normalized spacial score (nSPS) is 12.7. The number of aliphatic hydroxyl groups is 1. The van der Waals surface area contributed by atoms with Crippen molar-refractivity contribution in [2.24, 2.45) is 0 Å². The highest BCUT2D eigenvalue weighted by molar-refractivity contribution is 5.30. The zero-order valence-corrected chi connectivity index (χ0v) is 9.46. The Bertz CT molecular complexity index is 479. The fraction of sp³-hybridized carbons (Fsp3) is 0.333. The van der Waals surface area contributed by atoms with Crippen LogP contribution < -0.4 is 0 Å². The molecule has 0 saturated heterocycles. The molecule has 0 aliphatic carbocycles. The van der Waals surface area contributed by atoms with Gasteiger partial charge in [0.15, 0.2) is 0 Å². The SMILES string of the molecule is CCn1nccc1C(O)c1ccncc1C. The van der Waals surface area contributed by atoms with Crippen LogP contribution in [0.3, 0.4) is 0 Å². The van der Waals surface area contributed by atoms with E-state index in [0.29, 0.717) is 0 Å². The van der Waals surface area contributed by atoms with Gasteiger partial charge in [-0.2, -0.15) is 5.10 Å². The number of aryl methyl sites for hydroxylation is 2. The van der Waals surface area contributed by atoms with Crippen molar-refractivity contribution >= 4 is 0 Å². The fourth-order valence-electron chi connectivity index (χ4n) is 1.79. The average Bonchev–Trinajstić information content (AvgIpc) is 2.77. The van der Waals surface area contributed by atoms with E-state index < -0.39 is 6.10 Å². The van der Waals surface area contributed by atoms with Gasteiger partial charge >= 0.3 is 0 Å². The molecule has 0 saturated carbocycles. The lowest BCUT2D eigenvalue weighted by Crippen LogP contribution is -2.10. The summed E-state index contributed by atoms with van der Waals surface area (Å²) in [6.07, 6.45) is 4.52. The second-order valence-electron chi connectivity index (χ2n) is 3.71. The minimum absolute atomic E-state index is 0.634. The minimum Gasteiger partial charge on any atom is -0.382 e. The van der Waals surface area contributed by atoms with Gasteiger partial charge in [0.25, 0.3) is 0 Å². The zero-order chi connectivity index (χ0) is 11.5. The maximum atomic E-state index is 10.3. The van der Waals surface area contributed by atoms with Crippen LogP contribution in [-0.2, 0) is 6.54 Å². The van der Waals surface area contributed by atoms with Gasteiger partial charge < -0.3 is 5.11 Å². The van der Waals surface area contributed by atoms with Crippen LogP contribution >= 0.6 is 0 Å². The molecular formula is C12H15N3O. The van der Waals surface area contributed by atoms with Crippen molar-refractivity contribution < 1.29 is 5.11 Å². The molecule has 0 aliphatic heterocycles. The van der Waals surface area contributed by atoms with Crippen LogP contribution in [0, 0.1) is 6.92 Å². The van der Waals surface area contributed by atoms with Crippen LogP contribution in [0.4, 0.5) is 0 Å². The van der Waals surface area contributed by atoms with E-state index in [-0.39, 0.29) is 0 Å². The Morgan fingerprint density at radius 3 is 2.88 bits per heavy atom. The Hall–Kier alpha value is -1.68. The van der Waals surface area contributed by atoms with Crippen molar-refractivity contribution in [3.05, 3.63) is 47.5 Å². The van der Waals surface area contributed by atoms with Crippen LogP contribution in [-0.4, -0.2) is 19.9 Å². The summed E-state index contributed by atoms with van der Waals surface area (Å²) in [6, 6.07) is 3.68. The Morgan fingerprint density at radius 1 is 1.38 bits per heavy atom. The van der Waals surface area contributed by atoms with E-state index in [2.05, 4.69) is 10.1 Å². The third kappa shape index (κ3) is 1.84. The molecule has 2 heterocycles. The first-order valence-electron chi connectivity index (χ1n) is 5.34. The highest BCUT2D eigenvalue weighted by Crippen LogP contribution is 2.23. The lowest BCUT2D eigenvalue weighted by molar-refractivity contribution is 0.207. The smallest absolute Gasteiger partial charge is 0.121 e. The monoisotopic (exact) mass is 217 g/mol. The fourth-order valence-corrected chi connectivity index (χ4v) is 1.79.